The molecular formula is C14H15BrN2O. The van der Waals surface area contributed by atoms with Crippen LogP contribution in [-0.4, -0.2) is 12.1 Å². The van der Waals surface area contributed by atoms with Gasteiger partial charge in [0.15, 0.2) is 0 Å². The lowest BCUT2D eigenvalue weighted by atomic mass is 10.2. The van der Waals surface area contributed by atoms with E-state index in [0.717, 1.165) is 27.1 Å². The van der Waals surface area contributed by atoms with E-state index in [1.54, 1.807) is 13.3 Å². The number of halogens is 1. The molecule has 0 aliphatic heterocycles. The maximum absolute atomic E-state index is 5.12. The second kappa shape index (κ2) is 5.98. The van der Waals surface area contributed by atoms with Gasteiger partial charge in [-0.25, -0.2) is 4.98 Å². The summed E-state index contributed by atoms with van der Waals surface area (Å²) >= 11 is 3.41. The van der Waals surface area contributed by atoms with E-state index in [2.05, 4.69) is 32.3 Å². The third kappa shape index (κ3) is 3.31. The van der Waals surface area contributed by atoms with E-state index >= 15 is 0 Å². The third-order valence-electron chi connectivity index (χ3n) is 2.55. The minimum absolute atomic E-state index is 0.613. The molecule has 0 aliphatic rings. The van der Waals surface area contributed by atoms with Crippen LogP contribution in [0.1, 0.15) is 11.1 Å². The molecule has 3 nitrogen and oxygen atoms in total. The smallest absolute Gasteiger partial charge is 0.133 e. The summed E-state index contributed by atoms with van der Waals surface area (Å²) in [6.45, 7) is 2.64. The average Bonchev–Trinajstić information content (AvgIpc) is 2.34. The van der Waals surface area contributed by atoms with E-state index in [4.69, 9.17) is 4.74 Å². The lowest BCUT2D eigenvalue weighted by Crippen LogP contribution is -1.97. The fourth-order valence-corrected chi connectivity index (χ4v) is 2.16. The second-order valence-corrected chi connectivity index (χ2v) is 4.99. The van der Waals surface area contributed by atoms with Gasteiger partial charge in [-0.05, 0) is 52.2 Å². The van der Waals surface area contributed by atoms with Gasteiger partial charge in [0.1, 0.15) is 5.82 Å². The monoisotopic (exact) mass is 306 g/mol. The van der Waals surface area contributed by atoms with Crippen molar-refractivity contribution in [3.63, 3.8) is 0 Å². The largest absolute Gasteiger partial charge is 0.380 e. The Labute approximate surface area is 115 Å². The van der Waals surface area contributed by atoms with Crippen molar-refractivity contribution in [2.45, 2.75) is 13.5 Å². The molecular weight excluding hydrogens is 292 g/mol. The topological polar surface area (TPSA) is 34.1 Å². The predicted molar refractivity (Wildman–Crippen MR) is 77.1 cm³/mol. The highest BCUT2D eigenvalue weighted by atomic mass is 79.9. The van der Waals surface area contributed by atoms with E-state index in [0.29, 0.717) is 6.61 Å². The number of pyridine rings is 1. The Morgan fingerprint density at radius 3 is 2.89 bits per heavy atom. The summed E-state index contributed by atoms with van der Waals surface area (Å²) in [5, 5.41) is 3.31. The summed E-state index contributed by atoms with van der Waals surface area (Å²) in [5.74, 6) is 0.868. The molecule has 94 valence electrons. The Bertz CT molecular complexity index is 543. The maximum Gasteiger partial charge on any atom is 0.133 e. The van der Waals surface area contributed by atoms with Crippen LogP contribution in [0, 0.1) is 6.92 Å². The van der Waals surface area contributed by atoms with Crippen molar-refractivity contribution < 1.29 is 4.74 Å². The van der Waals surface area contributed by atoms with Crippen molar-refractivity contribution in [1.29, 1.82) is 0 Å². The molecule has 0 spiro atoms. The van der Waals surface area contributed by atoms with Crippen LogP contribution >= 0.6 is 15.9 Å². The number of hydrogen-bond donors (Lipinski definition) is 1. The van der Waals surface area contributed by atoms with Gasteiger partial charge >= 0.3 is 0 Å². The van der Waals surface area contributed by atoms with Crippen LogP contribution in [0.2, 0.25) is 0 Å². The molecule has 1 heterocycles. The van der Waals surface area contributed by atoms with Gasteiger partial charge in [-0.1, -0.05) is 12.1 Å². The molecule has 18 heavy (non-hydrogen) atoms. The number of anilines is 2. The summed E-state index contributed by atoms with van der Waals surface area (Å²) < 4.78 is 6.11. The first-order valence-electron chi connectivity index (χ1n) is 5.66. The van der Waals surface area contributed by atoms with Crippen LogP contribution in [-0.2, 0) is 11.3 Å². The zero-order valence-electron chi connectivity index (χ0n) is 10.4. The van der Waals surface area contributed by atoms with Gasteiger partial charge in [-0.3, -0.25) is 0 Å². The van der Waals surface area contributed by atoms with Crippen LogP contribution in [0.4, 0.5) is 11.5 Å². The molecule has 0 aliphatic carbocycles. The van der Waals surface area contributed by atoms with Gasteiger partial charge < -0.3 is 10.1 Å². The van der Waals surface area contributed by atoms with Crippen molar-refractivity contribution >= 4 is 27.4 Å². The third-order valence-corrected chi connectivity index (χ3v) is 2.98. The number of aromatic nitrogens is 1. The number of methoxy groups -OCH3 is 1. The van der Waals surface area contributed by atoms with Crippen LogP contribution in [0.25, 0.3) is 0 Å². The SMILES string of the molecule is COCc1cccc(Nc2ncc(Br)cc2C)c1. The number of rotatable bonds is 4. The molecule has 0 bridgehead atoms. The van der Waals surface area contributed by atoms with Gasteiger partial charge in [0.2, 0.25) is 0 Å². The zero-order valence-corrected chi connectivity index (χ0v) is 12.0. The van der Waals surface area contributed by atoms with Crippen molar-refractivity contribution in [3.8, 4) is 0 Å². The van der Waals surface area contributed by atoms with Gasteiger partial charge in [0, 0.05) is 23.5 Å². The number of ether oxygens (including phenoxy) is 1. The molecule has 0 atom stereocenters. The first-order chi connectivity index (χ1) is 8.69. The van der Waals surface area contributed by atoms with E-state index in [9.17, 15) is 0 Å². The standard InChI is InChI=1S/C14H15BrN2O/c1-10-6-12(15)8-16-14(10)17-13-5-3-4-11(7-13)9-18-2/h3-8H,9H2,1-2H3,(H,16,17). The minimum atomic E-state index is 0.613. The number of nitrogens with one attached hydrogen (secondary N) is 1. The molecule has 2 rings (SSSR count). The fraction of sp³-hybridized carbons (Fsp3) is 0.214. The highest BCUT2D eigenvalue weighted by Gasteiger charge is 2.02. The Kier molecular flexibility index (Phi) is 4.33. The van der Waals surface area contributed by atoms with E-state index in [1.165, 1.54) is 0 Å². The normalized spacial score (nSPS) is 10.4. The highest BCUT2D eigenvalue weighted by molar-refractivity contribution is 9.10. The number of benzene rings is 1. The molecule has 0 fully saturated rings. The zero-order chi connectivity index (χ0) is 13.0. The predicted octanol–water partition coefficient (Wildman–Crippen LogP) is 4.04. The van der Waals surface area contributed by atoms with E-state index in [1.807, 2.05) is 31.2 Å². The first-order valence-corrected chi connectivity index (χ1v) is 6.45. The Balaban J connectivity index is 2.20. The minimum Gasteiger partial charge on any atom is -0.380 e. The average molecular weight is 307 g/mol. The van der Waals surface area contributed by atoms with Crippen LogP contribution in [0.5, 0.6) is 0 Å². The van der Waals surface area contributed by atoms with Gasteiger partial charge in [-0.2, -0.15) is 0 Å². The lowest BCUT2D eigenvalue weighted by Gasteiger charge is -2.10. The van der Waals surface area contributed by atoms with Crippen LogP contribution in [0.3, 0.4) is 0 Å². The first kappa shape index (κ1) is 13.1. The molecule has 1 aromatic carbocycles. The van der Waals surface area contributed by atoms with Gasteiger partial charge in [0.25, 0.3) is 0 Å². The van der Waals surface area contributed by atoms with Crippen molar-refractivity contribution in [1.82, 2.24) is 4.98 Å². The quantitative estimate of drug-likeness (QED) is 0.925. The van der Waals surface area contributed by atoms with Gasteiger partial charge in [0.05, 0.1) is 6.61 Å². The molecule has 2 aromatic rings. The molecule has 0 saturated carbocycles. The summed E-state index contributed by atoms with van der Waals surface area (Å²) in [7, 11) is 1.69. The molecule has 4 heteroatoms. The Hall–Kier alpha value is -1.39. The summed E-state index contributed by atoms with van der Waals surface area (Å²) in [6, 6.07) is 10.2. The maximum atomic E-state index is 5.12. The summed E-state index contributed by atoms with van der Waals surface area (Å²) in [4.78, 5) is 4.36. The molecule has 0 amide bonds. The lowest BCUT2D eigenvalue weighted by molar-refractivity contribution is 0.185. The van der Waals surface area contributed by atoms with Crippen molar-refractivity contribution in [3.05, 3.63) is 52.1 Å². The van der Waals surface area contributed by atoms with Crippen molar-refractivity contribution in [2.24, 2.45) is 0 Å². The van der Waals surface area contributed by atoms with Gasteiger partial charge in [-0.15, -0.1) is 0 Å². The molecule has 1 N–H and O–H groups in total. The number of aryl methyl sites for hydroxylation is 1. The van der Waals surface area contributed by atoms with Crippen molar-refractivity contribution in [2.75, 3.05) is 12.4 Å². The van der Waals surface area contributed by atoms with E-state index in [-0.39, 0.29) is 0 Å². The fourth-order valence-electron chi connectivity index (χ4n) is 1.71. The number of nitrogens with zero attached hydrogens (tertiary/aromatic N) is 1. The van der Waals surface area contributed by atoms with E-state index < -0.39 is 0 Å². The van der Waals surface area contributed by atoms with Crippen LogP contribution in [0.15, 0.2) is 41.0 Å². The summed E-state index contributed by atoms with van der Waals surface area (Å²) in [5.41, 5.74) is 3.25. The Morgan fingerprint density at radius 2 is 2.17 bits per heavy atom. The molecule has 0 unspecified atom stereocenters. The van der Waals surface area contributed by atoms with Crippen LogP contribution < -0.4 is 5.32 Å². The molecule has 0 saturated heterocycles. The summed E-state index contributed by atoms with van der Waals surface area (Å²) in [6.07, 6.45) is 1.79. The Morgan fingerprint density at radius 1 is 1.33 bits per heavy atom. The molecule has 0 radical (unpaired) electrons. The number of hydrogen-bond acceptors (Lipinski definition) is 3. The second-order valence-electron chi connectivity index (χ2n) is 4.08. The molecule has 1 aromatic heterocycles. The highest BCUT2D eigenvalue weighted by Crippen LogP contribution is 2.21.